The number of methoxy groups -OCH3 is 1. The monoisotopic (exact) mass is 309 g/mol. The number of rotatable bonds is 3. The number of aromatic nitrogens is 2. The van der Waals surface area contributed by atoms with Crippen molar-refractivity contribution in [1.82, 2.24) is 9.97 Å². The molecule has 0 saturated carbocycles. The van der Waals surface area contributed by atoms with Crippen LogP contribution >= 0.6 is 0 Å². The molecule has 2 aromatic rings. The third-order valence-electron chi connectivity index (χ3n) is 3.57. The maximum Gasteiger partial charge on any atom is 0.161 e. The number of anilines is 1. The summed E-state index contributed by atoms with van der Waals surface area (Å²) in [5, 5.41) is 0. The van der Waals surface area contributed by atoms with Gasteiger partial charge in [-0.05, 0) is 6.92 Å². The Balaban J connectivity index is 1.90. The van der Waals surface area contributed by atoms with Crippen LogP contribution in [0.15, 0.2) is 18.3 Å². The highest BCUT2D eigenvalue weighted by Gasteiger charge is 2.26. The van der Waals surface area contributed by atoms with Gasteiger partial charge in [0.05, 0.1) is 36.0 Å². The van der Waals surface area contributed by atoms with Gasteiger partial charge in [0.25, 0.3) is 0 Å². The van der Waals surface area contributed by atoms with Gasteiger partial charge in [0, 0.05) is 32.3 Å². The van der Waals surface area contributed by atoms with Gasteiger partial charge in [-0.25, -0.2) is 13.8 Å². The molecule has 1 aromatic heterocycles. The third kappa shape index (κ3) is 3.00. The molecular formula is C15H17F2N3O2. The molecule has 3 rings (SSSR count). The number of nitrogens with zero attached hydrogens (tertiary/aromatic N) is 3. The Hall–Kier alpha value is -1.86. The summed E-state index contributed by atoms with van der Waals surface area (Å²) in [4.78, 5) is 10.6. The summed E-state index contributed by atoms with van der Waals surface area (Å²) in [6.07, 6.45) is 1.54. The molecule has 0 amide bonds. The summed E-state index contributed by atoms with van der Waals surface area (Å²) < 4.78 is 37.5. The van der Waals surface area contributed by atoms with Gasteiger partial charge in [-0.2, -0.15) is 0 Å². The van der Waals surface area contributed by atoms with Gasteiger partial charge in [-0.1, -0.05) is 0 Å². The Labute approximate surface area is 126 Å². The minimum atomic E-state index is -0.924. The van der Waals surface area contributed by atoms with Crippen LogP contribution in [-0.2, 0) is 9.47 Å². The van der Waals surface area contributed by atoms with E-state index < -0.39 is 11.6 Å². The number of hydrogen-bond donors (Lipinski definition) is 0. The van der Waals surface area contributed by atoms with Crippen LogP contribution in [0.25, 0.3) is 11.0 Å². The zero-order valence-corrected chi connectivity index (χ0v) is 12.4. The lowest BCUT2D eigenvalue weighted by atomic mass is 10.2. The van der Waals surface area contributed by atoms with Crippen LogP contribution in [0.1, 0.15) is 6.92 Å². The number of hydrogen-bond acceptors (Lipinski definition) is 5. The molecule has 0 spiro atoms. The molecule has 1 aliphatic heterocycles. The normalized spacial score (nSPS) is 22.3. The largest absolute Gasteiger partial charge is 0.382 e. The van der Waals surface area contributed by atoms with E-state index in [0.717, 1.165) is 12.1 Å². The van der Waals surface area contributed by atoms with Crippen molar-refractivity contribution >= 4 is 16.9 Å². The van der Waals surface area contributed by atoms with Gasteiger partial charge in [0.1, 0.15) is 5.82 Å². The molecule has 0 bridgehead atoms. The smallest absolute Gasteiger partial charge is 0.161 e. The van der Waals surface area contributed by atoms with Crippen LogP contribution in [0, 0.1) is 11.6 Å². The predicted molar refractivity (Wildman–Crippen MR) is 77.9 cm³/mol. The van der Waals surface area contributed by atoms with Crippen LogP contribution in [0.2, 0.25) is 0 Å². The Morgan fingerprint density at radius 2 is 2.00 bits per heavy atom. The molecule has 5 nitrogen and oxygen atoms in total. The van der Waals surface area contributed by atoms with Crippen molar-refractivity contribution in [3.8, 4) is 0 Å². The van der Waals surface area contributed by atoms with E-state index in [9.17, 15) is 8.78 Å². The number of benzene rings is 1. The summed E-state index contributed by atoms with van der Waals surface area (Å²) in [6, 6.07) is 2.12. The molecule has 118 valence electrons. The van der Waals surface area contributed by atoms with Crippen molar-refractivity contribution in [3.05, 3.63) is 30.0 Å². The van der Waals surface area contributed by atoms with E-state index in [1.807, 2.05) is 11.8 Å². The summed E-state index contributed by atoms with van der Waals surface area (Å²) in [7, 11) is 1.63. The van der Waals surface area contributed by atoms with Gasteiger partial charge in [-0.15, -0.1) is 0 Å². The van der Waals surface area contributed by atoms with Crippen molar-refractivity contribution in [2.24, 2.45) is 0 Å². The first-order valence-electron chi connectivity index (χ1n) is 7.08. The first-order valence-corrected chi connectivity index (χ1v) is 7.08. The minimum absolute atomic E-state index is 0.0244. The van der Waals surface area contributed by atoms with Crippen LogP contribution in [0.4, 0.5) is 14.6 Å². The highest BCUT2D eigenvalue weighted by atomic mass is 19.2. The van der Waals surface area contributed by atoms with Crippen molar-refractivity contribution in [3.63, 3.8) is 0 Å². The Kier molecular flexibility index (Phi) is 4.17. The SMILES string of the molecule is COCC1CN(c2cnc3cc(F)c(F)cc3n2)CC(C)O1. The lowest BCUT2D eigenvalue weighted by molar-refractivity contribution is -0.0512. The molecule has 0 aliphatic carbocycles. The van der Waals surface area contributed by atoms with Gasteiger partial charge in [0.2, 0.25) is 0 Å². The second-order valence-electron chi connectivity index (χ2n) is 5.41. The third-order valence-corrected chi connectivity index (χ3v) is 3.57. The quantitative estimate of drug-likeness (QED) is 0.869. The Bertz CT molecular complexity index is 683. The maximum atomic E-state index is 13.4. The molecule has 2 heterocycles. The second kappa shape index (κ2) is 6.10. The molecule has 0 radical (unpaired) electrons. The average Bonchev–Trinajstić information content (AvgIpc) is 2.48. The maximum absolute atomic E-state index is 13.4. The van der Waals surface area contributed by atoms with E-state index in [4.69, 9.17) is 9.47 Å². The van der Waals surface area contributed by atoms with Crippen molar-refractivity contribution < 1.29 is 18.3 Å². The molecule has 1 saturated heterocycles. The highest BCUT2D eigenvalue weighted by molar-refractivity contribution is 5.75. The van der Waals surface area contributed by atoms with Gasteiger partial charge in [-0.3, -0.25) is 4.98 Å². The van der Waals surface area contributed by atoms with E-state index in [0.29, 0.717) is 36.5 Å². The fraction of sp³-hybridized carbons (Fsp3) is 0.467. The molecule has 22 heavy (non-hydrogen) atoms. The second-order valence-corrected chi connectivity index (χ2v) is 5.41. The number of ether oxygens (including phenoxy) is 2. The molecule has 1 fully saturated rings. The summed E-state index contributed by atoms with van der Waals surface area (Å²) in [5.74, 6) is -1.23. The first-order chi connectivity index (χ1) is 10.6. The molecule has 1 aromatic carbocycles. The average molecular weight is 309 g/mol. The van der Waals surface area contributed by atoms with E-state index in [2.05, 4.69) is 9.97 Å². The molecule has 2 unspecified atom stereocenters. The van der Waals surface area contributed by atoms with Gasteiger partial charge >= 0.3 is 0 Å². The predicted octanol–water partition coefficient (Wildman–Crippen LogP) is 2.15. The zero-order chi connectivity index (χ0) is 15.7. The van der Waals surface area contributed by atoms with Crippen LogP contribution in [-0.4, -0.2) is 49.0 Å². The summed E-state index contributed by atoms with van der Waals surface area (Å²) in [6.45, 7) is 3.73. The van der Waals surface area contributed by atoms with Crippen molar-refractivity contribution in [2.45, 2.75) is 19.1 Å². The Morgan fingerprint density at radius 1 is 1.27 bits per heavy atom. The van der Waals surface area contributed by atoms with Crippen LogP contribution in [0.5, 0.6) is 0 Å². The molecular weight excluding hydrogens is 292 g/mol. The van der Waals surface area contributed by atoms with Gasteiger partial charge in [0.15, 0.2) is 11.6 Å². The lowest BCUT2D eigenvalue weighted by Crippen LogP contribution is -2.48. The van der Waals surface area contributed by atoms with Crippen molar-refractivity contribution in [2.75, 3.05) is 31.7 Å². The van der Waals surface area contributed by atoms with Gasteiger partial charge < -0.3 is 14.4 Å². The molecule has 2 atom stereocenters. The fourth-order valence-electron chi connectivity index (χ4n) is 2.66. The summed E-state index contributed by atoms with van der Waals surface area (Å²) in [5.41, 5.74) is 0.663. The molecule has 0 N–H and O–H groups in total. The number of fused-ring (bicyclic) bond motifs is 1. The fourth-order valence-corrected chi connectivity index (χ4v) is 2.66. The zero-order valence-electron chi connectivity index (χ0n) is 12.4. The number of halogens is 2. The topological polar surface area (TPSA) is 47.5 Å². The van der Waals surface area contributed by atoms with E-state index in [1.165, 1.54) is 0 Å². The Morgan fingerprint density at radius 3 is 2.73 bits per heavy atom. The number of morpholine rings is 1. The lowest BCUT2D eigenvalue weighted by Gasteiger charge is -2.37. The minimum Gasteiger partial charge on any atom is -0.382 e. The van der Waals surface area contributed by atoms with E-state index in [-0.39, 0.29) is 12.2 Å². The van der Waals surface area contributed by atoms with Crippen LogP contribution < -0.4 is 4.90 Å². The summed E-state index contributed by atoms with van der Waals surface area (Å²) >= 11 is 0. The highest BCUT2D eigenvalue weighted by Crippen LogP contribution is 2.22. The van der Waals surface area contributed by atoms with E-state index in [1.54, 1.807) is 13.3 Å². The van der Waals surface area contributed by atoms with Crippen molar-refractivity contribution in [1.29, 1.82) is 0 Å². The molecule has 7 heteroatoms. The van der Waals surface area contributed by atoms with Crippen LogP contribution in [0.3, 0.4) is 0 Å². The molecule has 1 aliphatic rings. The standard InChI is InChI=1S/C15H17F2N3O2/c1-9-6-20(7-10(22-9)8-21-2)15-5-18-13-3-11(16)12(17)4-14(13)19-15/h3-5,9-10H,6-8H2,1-2H3. The van der Waals surface area contributed by atoms with E-state index >= 15 is 0 Å². The first kappa shape index (κ1) is 15.1.